The van der Waals surface area contributed by atoms with E-state index in [2.05, 4.69) is 4.90 Å². The first-order valence-corrected chi connectivity index (χ1v) is 3.93. The Hall–Kier alpha value is -0.0800. The molecule has 3 saturated heterocycles. The molecule has 6 rings (SSSR count). The van der Waals surface area contributed by atoms with Gasteiger partial charge in [-0.15, -0.1) is 0 Å². The SMILES string of the molecule is NC12C3[C@@H]4C5[C@@H]3[C@H]1N5[C@@H]42. The normalized spacial score (nSPS) is 99.7. The maximum absolute atomic E-state index is 6.14. The minimum Gasteiger partial charge on any atom is -0.322 e. The first kappa shape index (κ1) is 3.35. The predicted molar refractivity (Wildman–Crippen MR) is 30.6 cm³/mol. The van der Waals surface area contributed by atoms with Crippen molar-refractivity contribution in [1.29, 1.82) is 0 Å². The lowest BCUT2D eigenvalue weighted by atomic mass is 9.13. The highest BCUT2D eigenvalue weighted by Gasteiger charge is 3.03. The van der Waals surface area contributed by atoms with Gasteiger partial charge >= 0.3 is 0 Å². The Morgan fingerprint density at radius 1 is 1.22 bits per heavy atom. The first-order valence-electron chi connectivity index (χ1n) is 3.93. The Morgan fingerprint density at radius 2 is 1.89 bits per heavy atom. The molecule has 0 bridgehead atoms. The quantitative estimate of drug-likeness (QED) is 0.444. The van der Waals surface area contributed by atoms with E-state index in [1.165, 1.54) is 0 Å². The van der Waals surface area contributed by atoms with E-state index >= 15 is 0 Å². The lowest BCUT2D eigenvalue weighted by molar-refractivity contribution is -0.554. The van der Waals surface area contributed by atoms with Crippen LogP contribution < -0.4 is 5.73 Å². The standard InChI is InChI=1S/C7H8N2/c8-7-3-1-4-2(3)6(7)9(4)5(1)7/h1-6H,8H2/t1-,2-,3?,4?,5-,6+,7?/m1/s1. The van der Waals surface area contributed by atoms with Gasteiger partial charge in [0.25, 0.3) is 0 Å². The lowest BCUT2D eigenvalue weighted by Gasteiger charge is -3.07. The Kier molecular flexibility index (Phi) is 0.195. The third kappa shape index (κ3) is 0.0955. The zero-order valence-corrected chi connectivity index (χ0v) is 4.99. The second kappa shape index (κ2) is 0.523. The fourth-order valence-corrected chi connectivity index (χ4v) is 4.79. The van der Waals surface area contributed by atoms with Crippen molar-refractivity contribution in [2.45, 2.75) is 23.7 Å². The van der Waals surface area contributed by atoms with Crippen LogP contribution in [0.5, 0.6) is 0 Å². The van der Waals surface area contributed by atoms with Crippen molar-refractivity contribution in [3.8, 4) is 0 Å². The fourth-order valence-electron chi connectivity index (χ4n) is 4.79. The van der Waals surface area contributed by atoms with Gasteiger partial charge in [-0.25, -0.2) is 0 Å². The van der Waals surface area contributed by atoms with Gasteiger partial charge in [-0.05, 0) is 17.8 Å². The van der Waals surface area contributed by atoms with Gasteiger partial charge in [-0.1, -0.05) is 0 Å². The largest absolute Gasteiger partial charge is 0.322 e. The summed E-state index contributed by atoms with van der Waals surface area (Å²) < 4.78 is 0. The molecule has 9 heavy (non-hydrogen) atoms. The smallest absolute Gasteiger partial charge is 0.0513 e. The van der Waals surface area contributed by atoms with Gasteiger partial charge < -0.3 is 5.73 Å². The lowest BCUT2D eigenvalue weighted by Crippen LogP contribution is -3.21. The van der Waals surface area contributed by atoms with Crippen molar-refractivity contribution >= 4 is 0 Å². The van der Waals surface area contributed by atoms with Crippen molar-refractivity contribution in [3.63, 3.8) is 0 Å². The van der Waals surface area contributed by atoms with Crippen molar-refractivity contribution in [2.24, 2.45) is 23.5 Å². The molecule has 0 aromatic heterocycles. The van der Waals surface area contributed by atoms with Crippen LogP contribution in [0.25, 0.3) is 0 Å². The zero-order valence-electron chi connectivity index (χ0n) is 4.99. The highest BCUT2D eigenvalue weighted by Crippen LogP contribution is 2.90. The second-order valence-corrected chi connectivity index (χ2v) is 4.51. The maximum Gasteiger partial charge on any atom is 0.0513 e. The van der Waals surface area contributed by atoms with E-state index in [0.717, 1.165) is 35.9 Å². The highest BCUT2D eigenvalue weighted by molar-refractivity contribution is 5.58. The Balaban J connectivity index is 1.93. The molecule has 3 aliphatic carbocycles. The third-order valence-corrected chi connectivity index (χ3v) is 4.94. The monoisotopic (exact) mass is 120 g/mol. The predicted octanol–water partition coefficient (Wildman–Crippen LogP) is -0.992. The van der Waals surface area contributed by atoms with Gasteiger partial charge in [-0.2, -0.15) is 0 Å². The molecule has 2 nitrogen and oxygen atoms in total. The van der Waals surface area contributed by atoms with Gasteiger partial charge in [0.2, 0.25) is 0 Å². The number of hydrogen-bond acceptors (Lipinski definition) is 2. The van der Waals surface area contributed by atoms with Crippen LogP contribution in [0.1, 0.15) is 0 Å². The molecule has 3 unspecified atom stereocenters. The molecule has 0 aromatic rings. The van der Waals surface area contributed by atoms with E-state index < -0.39 is 0 Å². The molecule has 0 radical (unpaired) electrons. The number of piperidine rings is 12. The van der Waals surface area contributed by atoms with Gasteiger partial charge in [0.1, 0.15) is 0 Å². The molecule has 2 heteroatoms. The molecular formula is C7H8N2. The van der Waals surface area contributed by atoms with Crippen molar-refractivity contribution in [2.75, 3.05) is 0 Å². The van der Waals surface area contributed by atoms with Crippen LogP contribution in [0.4, 0.5) is 0 Å². The third-order valence-electron chi connectivity index (χ3n) is 4.94. The molecule has 2 N–H and O–H groups in total. The molecule has 3 saturated carbocycles. The van der Waals surface area contributed by atoms with Crippen LogP contribution in [0.3, 0.4) is 0 Å². The van der Waals surface area contributed by atoms with Crippen LogP contribution in [-0.2, 0) is 0 Å². The molecule has 46 valence electrons. The van der Waals surface area contributed by atoms with Gasteiger partial charge in [0.05, 0.1) is 5.54 Å². The molecule has 6 fully saturated rings. The van der Waals surface area contributed by atoms with Gasteiger partial charge in [-0.3, -0.25) is 4.90 Å². The Morgan fingerprint density at radius 3 is 2.11 bits per heavy atom. The summed E-state index contributed by atoms with van der Waals surface area (Å²) in [5, 5.41) is 0. The van der Waals surface area contributed by atoms with Gasteiger partial charge in [0, 0.05) is 18.1 Å². The van der Waals surface area contributed by atoms with Crippen LogP contribution in [-0.4, -0.2) is 28.6 Å². The fraction of sp³-hybridized carbons (Fsp3) is 1.00. The van der Waals surface area contributed by atoms with E-state index in [4.69, 9.17) is 5.73 Å². The minimum atomic E-state index is 0.393. The summed E-state index contributed by atoms with van der Waals surface area (Å²) in [5.74, 6) is 3.22. The number of hydrogen-bond donors (Lipinski definition) is 1. The van der Waals surface area contributed by atoms with Crippen molar-refractivity contribution in [1.82, 2.24) is 4.90 Å². The molecule has 0 amide bonds. The number of nitrogens with zero attached hydrogens (tertiary/aromatic N) is 1. The van der Waals surface area contributed by atoms with E-state index in [1.807, 2.05) is 0 Å². The average Bonchev–Trinajstić information content (AvgIpc) is 1.88. The molecule has 3 heterocycles. The number of rotatable bonds is 0. The van der Waals surface area contributed by atoms with E-state index in [1.54, 1.807) is 0 Å². The zero-order chi connectivity index (χ0) is 5.54. The van der Waals surface area contributed by atoms with E-state index in [0.29, 0.717) is 5.54 Å². The summed E-state index contributed by atoms with van der Waals surface area (Å²) in [7, 11) is 0. The van der Waals surface area contributed by atoms with E-state index in [-0.39, 0.29) is 0 Å². The summed E-state index contributed by atoms with van der Waals surface area (Å²) in [6.07, 6.45) is 0. The Bertz CT molecular complexity index is 209. The van der Waals surface area contributed by atoms with Crippen LogP contribution in [0, 0.1) is 17.8 Å². The highest BCUT2D eigenvalue weighted by atomic mass is 15.6. The molecule has 7 atom stereocenters. The minimum absolute atomic E-state index is 0.393. The summed E-state index contributed by atoms with van der Waals surface area (Å²) in [6.45, 7) is 0. The van der Waals surface area contributed by atoms with Gasteiger partial charge in [0.15, 0.2) is 0 Å². The molecule has 3 aliphatic heterocycles. The average molecular weight is 120 g/mol. The molecule has 6 aliphatic rings. The number of nitrogens with two attached hydrogens (primary N) is 1. The van der Waals surface area contributed by atoms with Crippen molar-refractivity contribution < 1.29 is 0 Å². The van der Waals surface area contributed by atoms with Crippen LogP contribution in [0.15, 0.2) is 0 Å². The summed E-state index contributed by atoms with van der Waals surface area (Å²) in [6, 6.07) is 2.85. The summed E-state index contributed by atoms with van der Waals surface area (Å²) in [4.78, 5) is 2.65. The maximum atomic E-state index is 6.14. The second-order valence-electron chi connectivity index (χ2n) is 4.51. The molecule has 0 spiro atoms. The Labute approximate surface area is 53.0 Å². The van der Waals surface area contributed by atoms with Crippen molar-refractivity contribution in [3.05, 3.63) is 0 Å². The van der Waals surface area contributed by atoms with Crippen LogP contribution >= 0.6 is 0 Å². The van der Waals surface area contributed by atoms with Crippen LogP contribution in [0.2, 0.25) is 0 Å². The molecule has 0 aromatic carbocycles. The topological polar surface area (TPSA) is 29.3 Å². The van der Waals surface area contributed by atoms with E-state index in [9.17, 15) is 0 Å². The summed E-state index contributed by atoms with van der Waals surface area (Å²) in [5.41, 5.74) is 6.53. The first-order chi connectivity index (χ1) is 4.37. The summed E-state index contributed by atoms with van der Waals surface area (Å²) >= 11 is 0. The molecular weight excluding hydrogens is 112 g/mol.